The van der Waals surface area contributed by atoms with Gasteiger partial charge in [0.1, 0.15) is 0 Å². The van der Waals surface area contributed by atoms with Crippen LogP contribution >= 0.6 is 0 Å². The number of para-hydroxylation sites is 1. The van der Waals surface area contributed by atoms with Gasteiger partial charge in [0, 0.05) is 12.5 Å². The van der Waals surface area contributed by atoms with Gasteiger partial charge in [-0.1, -0.05) is 42.0 Å². The van der Waals surface area contributed by atoms with Gasteiger partial charge in [0.15, 0.2) is 0 Å². The third-order valence-corrected chi connectivity index (χ3v) is 5.89. The van der Waals surface area contributed by atoms with Crippen LogP contribution in [0.1, 0.15) is 23.5 Å². The Morgan fingerprint density at radius 3 is 2.55 bits per heavy atom. The molecule has 4 heteroatoms. The highest BCUT2D eigenvalue weighted by Crippen LogP contribution is 2.41. The van der Waals surface area contributed by atoms with Crippen molar-refractivity contribution in [3.05, 3.63) is 72.3 Å². The minimum absolute atomic E-state index is 0.175. The zero-order valence-corrected chi connectivity index (χ0v) is 13.4. The molecular weight excluding hydrogens is 294 g/mol. The van der Waals surface area contributed by atoms with Gasteiger partial charge < -0.3 is 0 Å². The lowest BCUT2D eigenvalue weighted by Crippen LogP contribution is -2.29. The molecule has 1 heterocycles. The quantitative estimate of drug-likeness (QED) is 0.804. The summed E-state index contributed by atoms with van der Waals surface area (Å²) in [7, 11) is -3.52. The minimum atomic E-state index is -3.52. The molecular formula is C18H19NO2S. The number of hydrogen-bond acceptors (Lipinski definition) is 2. The Hall–Kier alpha value is -2.07. The van der Waals surface area contributed by atoms with Crippen molar-refractivity contribution in [2.24, 2.45) is 0 Å². The van der Waals surface area contributed by atoms with E-state index in [2.05, 4.69) is 6.58 Å². The number of rotatable bonds is 4. The highest BCUT2D eigenvalue weighted by Gasteiger charge is 2.35. The number of fused-ring (bicyclic) bond motifs is 1. The van der Waals surface area contributed by atoms with Crippen molar-refractivity contribution in [1.82, 2.24) is 0 Å². The second kappa shape index (κ2) is 5.61. The molecule has 0 bridgehead atoms. The van der Waals surface area contributed by atoms with E-state index < -0.39 is 10.0 Å². The second-order valence-corrected chi connectivity index (χ2v) is 7.49. The fourth-order valence-electron chi connectivity index (χ4n) is 2.92. The van der Waals surface area contributed by atoms with Crippen molar-refractivity contribution in [1.29, 1.82) is 0 Å². The largest absolute Gasteiger partial charge is 0.265 e. The molecule has 3 rings (SSSR count). The SMILES string of the molecule is C=CC[C@H]1CN(S(=O)(=O)c2ccc(C)cc2)c2ccccc21. The van der Waals surface area contributed by atoms with Crippen LogP contribution in [-0.4, -0.2) is 15.0 Å². The van der Waals surface area contributed by atoms with Crippen LogP contribution < -0.4 is 4.31 Å². The van der Waals surface area contributed by atoms with Gasteiger partial charge in [0.05, 0.1) is 10.6 Å². The summed E-state index contributed by atoms with van der Waals surface area (Å²) in [6.45, 7) is 6.20. The zero-order valence-electron chi connectivity index (χ0n) is 12.6. The highest BCUT2D eigenvalue weighted by molar-refractivity contribution is 7.92. The Balaban J connectivity index is 2.05. The number of benzene rings is 2. The zero-order chi connectivity index (χ0) is 15.7. The number of allylic oxidation sites excluding steroid dienone is 1. The molecule has 0 spiro atoms. The molecule has 22 heavy (non-hydrogen) atoms. The average molecular weight is 313 g/mol. The van der Waals surface area contributed by atoms with Crippen LogP contribution in [0.3, 0.4) is 0 Å². The summed E-state index contributed by atoms with van der Waals surface area (Å²) < 4.78 is 27.4. The molecule has 114 valence electrons. The van der Waals surface area contributed by atoms with E-state index in [1.165, 1.54) is 4.31 Å². The number of aryl methyl sites for hydroxylation is 1. The molecule has 1 atom stereocenters. The van der Waals surface area contributed by atoms with Crippen molar-refractivity contribution in [3.8, 4) is 0 Å². The molecule has 0 saturated heterocycles. The molecule has 2 aromatic carbocycles. The Morgan fingerprint density at radius 1 is 1.18 bits per heavy atom. The molecule has 0 N–H and O–H groups in total. The lowest BCUT2D eigenvalue weighted by molar-refractivity contribution is 0.589. The summed E-state index contributed by atoms with van der Waals surface area (Å²) in [6.07, 6.45) is 2.63. The smallest absolute Gasteiger partial charge is 0.264 e. The van der Waals surface area contributed by atoms with Crippen LogP contribution in [0.5, 0.6) is 0 Å². The first-order valence-corrected chi connectivity index (χ1v) is 8.77. The van der Waals surface area contributed by atoms with Crippen molar-refractivity contribution in [3.63, 3.8) is 0 Å². The molecule has 2 aromatic rings. The average Bonchev–Trinajstić information content (AvgIpc) is 2.88. The van der Waals surface area contributed by atoms with E-state index in [1.54, 1.807) is 12.1 Å². The molecule has 0 amide bonds. The van der Waals surface area contributed by atoms with Crippen LogP contribution in [0.25, 0.3) is 0 Å². The Bertz CT molecular complexity index is 794. The summed E-state index contributed by atoms with van der Waals surface area (Å²) in [5, 5.41) is 0. The number of anilines is 1. The van der Waals surface area contributed by atoms with Gasteiger partial charge in [0.2, 0.25) is 0 Å². The van der Waals surface area contributed by atoms with Gasteiger partial charge in [-0.15, -0.1) is 6.58 Å². The molecule has 1 aliphatic rings. The first-order valence-electron chi connectivity index (χ1n) is 7.33. The lowest BCUT2D eigenvalue weighted by Gasteiger charge is -2.20. The van der Waals surface area contributed by atoms with Crippen LogP contribution in [0.2, 0.25) is 0 Å². The summed E-state index contributed by atoms with van der Waals surface area (Å²) in [5.41, 5.74) is 2.92. The Labute approximate surface area is 132 Å². The summed E-state index contributed by atoms with van der Waals surface area (Å²) >= 11 is 0. The van der Waals surface area contributed by atoms with E-state index in [0.717, 1.165) is 23.2 Å². The molecule has 0 radical (unpaired) electrons. The predicted octanol–water partition coefficient (Wildman–Crippen LogP) is 3.86. The van der Waals surface area contributed by atoms with E-state index in [9.17, 15) is 8.42 Å². The predicted molar refractivity (Wildman–Crippen MR) is 89.7 cm³/mol. The molecule has 0 saturated carbocycles. The summed E-state index contributed by atoms with van der Waals surface area (Å²) in [6, 6.07) is 14.7. The van der Waals surface area contributed by atoms with Gasteiger partial charge in [-0.25, -0.2) is 8.42 Å². The van der Waals surface area contributed by atoms with Gasteiger partial charge >= 0.3 is 0 Å². The minimum Gasteiger partial charge on any atom is -0.265 e. The van der Waals surface area contributed by atoms with Crippen molar-refractivity contribution >= 4 is 15.7 Å². The molecule has 0 unspecified atom stereocenters. The van der Waals surface area contributed by atoms with Crippen LogP contribution in [0, 0.1) is 6.92 Å². The lowest BCUT2D eigenvalue weighted by atomic mass is 9.98. The Kier molecular flexibility index (Phi) is 3.79. The number of sulfonamides is 1. The van der Waals surface area contributed by atoms with Crippen molar-refractivity contribution in [2.75, 3.05) is 10.8 Å². The maximum atomic E-state index is 13.0. The maximum absolute atomic E-state index is 13.0. The van der Waals surface area contributed by atoms with E-state index in [0.29, 0.717) is 11.4 Å². The normalized spacial score (nSPS) is 17.3. The van der Waals surface area contributed by atoms with Crippen molar-refractivity contribution < 1.29 is 8.42 Å². The standard InChI is InChI=1S/C18H19NO2S/c1-3-6-15-13-19(18-8-5-4-7-17(15)18)22(20,21)16-11-9-14(2)10-12-16/h3-5,7-12,15H,1,6,13H2,2H3/t15-/m0/s1. The van der Waals surface area contributed by atoms with E-state index in [1.807, 2.05) is 49.4 Å². The van der Waals surface area contributed by atoms with Crippen molar-refractivity contribution in [2.45, 2.75) is 24.2 Å². The molecule has 0 aromatic heterocycles. The van der Waals surface area contributed by atoms with E-state index in [4.69, 9.17) is 0 Å². The number of hydrogen-bond donors (Lipinski definition) is 0. The van der Waals surface area contributed by atoms with Crippen LogP contribution in [0.4, 0.5) is 5.69 Å². The maximum Gasteiger partial charge on any atom is 0.264 e. The van der Waals surface area contributed by atoms with Gasteiger partial charge in [-0.3, -0.25) is 4.31 Å². The number of nitrogens with zero attached hydrogens (tertiary/aromatic N) is 1. The fraction of sp³-hybridized carbons (Fsp3) is 0.222. The monoisotopic (exact) mass is 313 g/mol. The first-order chi connectivity index (χ1) is 10.5. The summed E-state index contributed by atoms with van der Waals surface area (Å²) in [5.74, 6) is 0.175. The van der Waals surface area contributed by atoms with Crippen LogP contribution in [0.15, 0.2) is 66.1 Å². The topological polar surface area (TPSA) is 37.4 Å². The summed E-state index contributed by atoms with van der Waals surface area (Å²) in [4.78, 5) is 0.340. The molecule has 1 aliphatic heterocycles. The third-order valence-electron chi connectivity index (χ3n) is 4.09. The van der Waals surface area contributed by atoms with Crippen LogP contribution in [-0.2, 0) is 10.0 Å². The third kappa shape index (κ3) is 2.44. The second-order valence-electron chi connectivity index (χ2n) is 5.63. The molecule has 0 fully saturated rings. The van der Waals surface area contributed by atoms with Gasteiger partial charge in [-0.05, 0) is 37.1 Å². The highest BCUT2D eigenvalue weighted by atomic mass is 32.2. The van der Waals surface area contributed by atoms with Gasteiger partial charge in [-0.2, -0.15) is 0 Å². The fourth-order valence-corrected chi connectivity index (χ4v) is 4.46. The molecule has 3 nitrogen and oxygen atoms in total. The van der Waals surface area contributed by atoms with E-state index >= 15 is 0 Å². The molecule has 0 aliphatic carbocycles. The first kappa shape index (κ1) is 14.9. The van der Waals surface area contributed by atoms with E-state index in [-0.39, 0.29) is 5.92 Å². The van der Waals surface area contributed by atoms with Gasteiger partial charge in [0.25, 0.3) is 10.0 Å². The Morgan fingerprint density at radius 2 is 1.86 bits per heavy atom.